The summed E-state index contributed by atoms with van der Waals surface area (Å²) in [6, 6.07) is 9.02. The van der Waals surface area contributed by atoms with E-state index in [1.807, 2.05) is 31.2 Å². The molecule has 2 aromatic rings. The highest BCUT2D eigenvalue weighted by Crippen LogP contribution is 2.23. The summed E-state index contributed by atoms with van der Waals surface area (Å²) in [4.78, 5) is 18.8. The predicted octanol–water partition coefficient (Wildman–Crippen LogP) is 1.80. The molecule has 1 amide bonds. The first-order valence-electron chi connectivity index (χ1n) is 7.21. The zero-order valence-corrected chi connectivity index (χ0v) is 13.4. The quantitative estimate of drug-likeness (QED) is 0.847. The third-order valence-electron chi connectivity index (χ3n) is 4.15. The number of carbonyl (C=O) groups excluding carboxylic acids is 1. The number of sulfone groups is 1. The lowest BCUT2D eigenvalue weighted by Crippen LogP contribution is -2.38. The minimum absolute atomic E-state index is 0.0528. The van der Waals surface area contributed by atoms with E-state index in [4.69, 9.17) is 0 Å². The number of aryl methyl sites for hydroxylation is 1. The number of amides is 1. The maximum Gasteiger partial charge on any atom is 0.254 e. The van der Waals surface area contributed by atoms with Crippen LogP contribution in [0, 0.1) is 6.92 Å². The van der Waals surface area contributed by atoms with Gasteiger partial charge in [-0.25, -0.2) is 8.42 Å². The van der Waals surface area contributed by atoms with Crippen LogP contribution < -0.4 is 0 Å². The minimum atomic E-state index is -3.01. The van der Waals surface area contributed by atoms with Gasteiger partial charge in [0.05, 0.1) is 22.6 Å². The number of hydrogen-bond acceptors (Lipinski definition) is 4. The van der Waals surface area contributed by atoms with Crippen molar-refractivity contribution in [2.75, 3.05) is 18.6 Å². The Morgan fingerprint density at radius 3 is 2.73 bits per heavy atom. The lowest BCUT2D eigenvalue weighted by molar-refractivity contribution is 0.0749. The molecule has 2 heterocycles. The third kappa shape index (κ3) is 2.70. The summed E-state index contributed by atoms with van der Waals surface area (Å²) < 4.78 is 23.2. The number of fused-ring (bicyclic) bond motifs is 1. The third-order valence-corrected chi connectivity index (χ3v) is 5.90. The van der Waals surface area contributed by atoms with E-state index in [0.717, 1.165) is 16.6 Å². The highest BCUT2D eigenvalue weighted by molar-refractivity contribution is 7.91. The molecule has 1 fully saturated rings. The van der Waals surface area contributed by atoms with Gasteiger partial charge in [-0.1, -0.05) is 18.2 Å². The standard InChI is InChI=1S/C16H18N2O3S/c1-11-9-14(13-5-3-4-6-15(13)17-11)16(19)18(2)12-7-8-22(20,21)10-12/h3-6,9,12H,7-8,10H2,1-2H3. The molecule has 1 aliphatic heterocycles. The van der Waals surface area contributed by atoms with Gasteiger partial charge in [-0.2, -0.15) is 0 Å². The van der Waals surface area contributed by atoms with E-state index in [1.165, 1.54) is 0 Å². The summed E-state index contributed by atoms with van der Waals surface area (Å²) >= 11 is 0. The minimum Gasteiger partial charge on any atom is -0.338 e. The van der Waals surface area contributed by atoms with Gasteiger partial charge in [0, 0.05) is 24.2 Å². The molecule has 3 rings (SSSR count). The lowest BCUT2D eigenvalue weighted by atomic mass is 10.1. The van der Waals surface area contributed by atoms with Gasteiger partial charge in [0.25, 0.3) is 5.91 Å². The van der Waals surface area contributed by atoms with Gasteiger partial charge in [0.2, 0.25) is 0 Å². The van der Waals surface area contributed by atoms with Crippen LogP contribution in [0.15, 0.2) is 30.3 Å². The Kier molecular flexibility index (Phi) is 3.64. The molecular weight excluding hydrogens is 300 g/mol. The van der Waals surface area contributed by atoms with Crippen LogP contribution in [0.5, 0.6) is 0 Å². The van der Waals surface area contributed by atoms with Gasteiger partial charge >= 0.3 is 0 Å². The number of hydrogen-bond donors (Lipinski definition) is 0. The summed E-state index contributed by atoms with van der Waals surface area (Å²) in [7, 11) is -1.33. The Morgan fingerprint density at radius 1 is 1.32 bits per heavy atom. The van der Waals surface area contributed by atoms with Crippen LogP contribution in [-0.4, -0.2) is 48.8 Å². The molecule has 5 nitrogen and oxygen atoms in total. The van der Waals surface area contributed by atoms with Crippen LogP contribution in [0.1, 0.15) is 22.5 Å². The fourth-order valence-corrected chi connectivity index (χ4v) is 4.70. The van der Waals surface area contributed by atoms with E-state index >= 15 is 0 Å². The Balaban J connectivity index is 1.99. The molecule has 22 heavy (non-hydrogen) atoms. The molecule has 1 unspecified atom stereocenters. The Hall–Kier alpha value is -1.95. The van der Waals surface area contributed by atoms with Crippen molar-refractivity contribution in [2.45, 2.75) is 19.4 Å². The van der Waals surface area contributed by atoms with Crippen LogP contribution in [0.2, 0.25) is 0 Å². The summed E-state index contributed by atoms with van der Waals surface area (Å²) in [5.74, 6) is 0.0617. The molecule has 1 aliphatic rings. The molecular formula is C16H18N2O3S. The van der Waals surface area contributed by atoms with E-state index < -0.39 is 9.84 Å². The highest BCUT2D eigenvalue weighted by Gasteiger charge is 2.33. The van der Waals surface area contributed by atoms with Crippen molar-refractivity contribution in [3.63, 3.8) is 0 Å². The van der Waals surface area contributed by atoms with Crippen molar-refractivity contribution in [3.8, 4) is 0 Å². The second-order valence-electron chi connectivity index (χ2n) is 5.80. The molecule has 1 aromatic carbocycles. The molecule has 116 valence electrons. The molecule has 6 heteroatoms. The number of nitrogens with zero attached hydrogens (tertiary/aromatic N) is 2. The molecule has 0 spiro atoms. The monoisotopic (exact) mass is 318 g/mol. The molecule has 1 aromatic heterocycles. The predicted molar refractivity (Wildman–Crippen MR) is 85.6 cm³/mol. The Labute approximate surface area is 129 Å². The van der Waals surface area contributed by atoms with Crippen LogP contribution in [0.25, 0.3) is 10.9 Å². The number of carbonyl (C=O) groups is 1. The maximum absolute atomic E-state index is 12.8. The fourth-order valence-electron chi connectivity index (χ4n) is 2.92. The maximum atomic E-state index is 12.8. The molecule has 0 N–H and O–H groups in total. The van der Waals surface area contributed by atoms with E-state index in [0.29, 0.717) is 12.0 Å². The normalized spacial score (nSPS) is 20.2. The van der Waals surface area contributed by atoms with Gasteiger partial charge in [-0.3, -0.25) is 9.78 Å². The van der Waals surface area contributed by atoms with Crippen molar-refractivity contribution in [1.29, 1.82) is 0 Å². The number of para-hydroxylation sites is 1. The smallest absolute Gasteiger partial charge is 0.254 e. The molecule has 0 bridgehead atoms. The van der Waals surface area contributed by atoms with Gasteiger partial charge in [0.15, 0.2) is 9.84 Å². The topological polar surface area (TPSA) is 67.3 Å². The van der Waals surface area contributed by atoms with Gasteiger partial charge in [-0.15, -0.1) is 0 Å². The van der Waals surface area contributed by atoms with Gasteiger partial charge in [-0.05, 0) is 25.5 Å². The molecule has 0 aliphatic carbocycles. The molecule has 0 radical (unpaired) electrons. The largest absolute Gasteiger partial charge is 0.338 e. The number of pyridine rings is 1. The van der Waals surface area contributed by atoms with Crippen molar-refractivity contribution in [1.82, 2.24) is 9.88 Å². The highest BCUT2D eigenvalue weighted by atomic mass is 32.2. The Bertz CT molecular complexity index is 846. The van der Waals surface area contributed by atoms with Crippen molar-refractivity contribution in [3.05, 3.63) is 41.6 Å². The lowest BCUT2D eigenvalue weighted by Gasteiger charge is -2.24. The van der Waals surface area contributed by atoms with Crippen LogP contribution >= 0.6 is 0 Å². The van der Waals surface area contributed by atoms with E-state index in [-0.39, 0.29) is 23.5 Å². The first kappa shape index (κ1) is 15.0. The number of benzene rings is 1. The van der Waals surface area contributed by atoms with E-state index in [2.05, 4.69) is 4.98 Å². The molecule has 0 saturated carbocycles. The second-order valence-corrected chi connectivity index (χ2v) is 8.03. The number of aromatic nitrogens is 1. The van der Waals surface area contributed by atoms with Crippen molar-refractivity contribution >= 4 is 26.6 Å². The fraction of sp³-hybridized carbons (Fsp3) is 0.375. The summed E-state index contributed by atoms with van der Waals surface area (Å²) in [5, 5.41) is 0.797. The SMILES string of the molecule is Cc1cc(C(=O)N(C)C2CCS(=O)(=O)C2)c2ccccc2n1. The summed E-state index contributed by atoms with van der Waals surface area (Å²) in [6.07, 6.45) is 0.507. The van der Waals surface area contributed by atoms with E-state index in [9.17, 15) is 13.2 Å². The summed E-state index contributed by atoms with van der Waals surface area (Å²) in [6.45, 7) is 1.85. The second kappa shape index (κ2) is 5.35. The first-order valence-corrected chi connectivity index (χ1v) is 9.03. The first-order chi connectivity index (χ1) is 10.4. The average molecular weight is 318 g/mol. The zero-order chi connectivity index (χ0) is 15.9. The van der Waals surface area contributed by atoms with Crippen LogP contribution in [0.3, 0.4) is 0 Å². The van der Waals surface area contributed by atoms with E-state index in [1.54, 1.807) is 18.0 Å². The van der Waals surface area contributed by atoms with Crippen LogP contribution in [-0.2, 0) is 9.84 Å². The van der Waals surface area contributed by atoms with Gasteiger partial charge in [0.1, 0.15) is 0 Å². The molecule has 1 atom stereocenters. The summed E-state index contributed by atoms with van der Waals surface area (Å²) in [5.41, 5.74) is 2.13. The van der Waals surface area contributed by atoms with Crippen molar-refractivity contribution in [2.24, 2.45) is 0 Å². The zero-order valence-electron chi connectivity index (χ0n) is 12.6. The molecule has 1 saturated heterocycles. The van der Waals surface area contributed by atoms with Crippen LogP contribution in [0.4, 0.5) is 0 Å². The Morgan fingerprint density at radius 2 is 2.05 bits per heavy atom. The number of rotatable bonds is 2. The van der Waals surface area contributed by atoms with Gasteiger partial charge < -0.3 is 4.90 Å². The average Bonchev–Trinajstić information content (AvgIpc) is 2.85. The van der Waals surface area contributed by atoms with Crippen molar-refractivity contribution < 1.29 is 13.2 Å².